The number of aromatic nitrogens is 3. The van der Waals surface area contributed by atoms with E-state index in [4.69, 9.17) is 10.1 Å². The predicted molar refractivity (Wildman–Crippen MR) is 124 cm³/mol. The van der Waals surface area contributed by atoms with Crippen LogP contribution in [0.5, 0.6) is 0 Å². The minimum atomic E-state index is 0.192. The largest absolute Gasteiger partial charge is 0.396 e. The number of hydrogen-bond donors (Lipinski definition) is 3. The normalized spacial score (nSPS) is 11.4. The molecule has 7 heteroatoms. The SMILES string of the molecule is CCCN(CCC)c1cc(N/N=C/c2c[nH]c3ccccc23)nc(CCCCO)n1. The van der Waals surface area contributed by atoms with Crippen LogP contribution in [0.4, 0.5) is 11.6 Å². The second-order valence-electron chi connectivity index (χ2n) is 7.35. The molecule has 3 aromatic rings. The smallest absolute Gasteiger partial charge is 0.152 e. The van der Waals surface area contributed by atoms with Crippen LogP contribution in [0, 0.1) is 0 Å². The number of unbranched alkanes of at least 4 members (excludes halogenated alkanes) is 1. The number of aryl methyl sites for hydroxylation is 1. The molecule has 3 N–H and O–H groups in total. The summed E-state index contributed by atoms with van der Waals surface area (Å²) in [6.07, 6.45) is 8.23. The van der Waals surface area contributed by atoms with E-state index in [1.807, 2.05) is 36.7 Å². The summed E-state index contributed by atoms with van der Waals surface area (Å²) in [5.41, 5.74) is 5.20. The molecule has 0 amide bonds. The first-order valence-corrected chi connectivity index (χ1v) is 10.8. The standard InChI is InChI=1S/C23H32N6O/c1-3-12-29(13-4-2)23-15-22(26-21(27-23)11-7-8-14-30)28-25-17-18-16-24-20-10-6-5-9-19(18)20/h5-6,9-10,15-17,24,30H,3-4,7-8,11-14H2,1-2H3,(H,26,27,28)/b25-17+. The lowest BCUT2D eigenvalue weighted by atomic mass is 10.2. The first kappa shape index (κ1) is 21.8. The molecule has 0 radical (unpaired) electrons. The summed E-state index contributed by atoms with van der Waals surface area (Å²) in [6, 6.07) is 10.1. The molecule has 3 rings (SSSR count). The Kier molecular flexibility index (Phi) is 8.20. The Morgan fingerprint density at radius 3 is 2.70 bits per heavy atom. The number of hydrogen-bond acceptors (Lipinski definition) is 6. The van der Waals surface area contributed by atoms with Gasteiger partial charge < -0.3 is 15.0 Å². The molecule has 0 aliphatic rings. The molecular weight excluding hydrogens is 376 g/mol. The third kappa shape index (κ3) is 5.79. The zero-order valence-corrected chi connectivity index (χ0v) is 17.9. The van der Waals surface area contributed by atoms with Crippen molar-refractivity contribution < 1.29 is 5.11 Å². The summed E-state index contributed by atoms with van der Waals surface area (Å²) in [5, 5.41) is 14.6. The van der Waals surface area contributed by atoms with Crippen LogP contribution in [0.25, 0.3) is 10.9 Å². The number of H-pyrrole nitrogens is 1. The lowest BCUT2D eigenvalue weighted by molar-refractivity contribution is 0.284. The van der Waals surface area contributed by atoms with Gasteiger partial charge in [-0.3, -0.25) is 5.43 Å². The highest BCUT2D eigenvalue weighted by Gasteiger charge is 2.11. The summed E-state index contributed by atoms with van der Waals surface area (Å²) in [6.45, 7) is 6.46. The van der Waals surface area contributed by atoms with Gasteiger partial charge in [-0.05, 0) is 31.7 Å². The molecule has 2 heterocycles. The van der Waals surface area contributed by atoms with Gasteiger partial charge in [0.1, 0.15) is 11.6 Å². The maximum atomic E-state index is 9.08. The number of aliphatic hydroxyl groups is 1. The maximum Gasteiger partial charge on any atom is 0.152 e. The van der Waals surface area contributed by atoms with Crippen LogP contribution >= 0.6 is 0 Å². The first-order chi connectivity index (χ1) is 14.7. The number of fused-ring (bicyclic) bond motifs is 1. The first-order valence-electron chi connectivity index (χ1n) is 10.8. The highest BCUT2D eigenvalue weighted by molar-refractivity contribution is 5.99. The van der Waals surface area contributed by atoms with Crippen molar-refractivity contribution >= 4 is 28.8 Å². The summed E-state index contributed by atoms with van der Waals surface area (Å²) < 4.78 is 0. The molecule has 0 saturated carbocycles. The van der Waals surface area contributed by atoms with Crippen molar-refractivity contribution in [2.45, 2.75) is 46.0 Å². The topological polar surface area (TPSA) is 89.4 Å². The molecule has 0 aliphatic heterocycles. The van der Waals surface area contributed by atoms with E-state index in [0.29, 0.717) is 5.82 Å². The Morgan fingerprint density at radius 2 is 1.93 bits per heavy atom. The summed E-state index contributed by atoms with van der Waals surface area (Å²) >= 11 is 0. The number of benzene rings is 1. The molecule has 30 heavy (non-hydrogen) atoms. The van der Waals surface area contributed by atoms with Crippen molar-refractivity contribution in [2.24, 2.45) is 5.10 Å². The number of nitrogens with one attached hydrogen (secondary N) is 2. The molecule has 7 nitrogen and oxygen atoms in total. The second-order valence-corrected chi connectivity index (χ2v) is 7.35. The van der Waals surface area contributed by atoms with E-state index in [9.17, 15) is 0 Å². The molecule has 160 valence electrons. The third-order valence-corrected chi connectivity index (χ3v) is 4.88. The fraction of sp³-hybridized carbons (Fsp3) is 0.435. The summed E-state index contributed by atoms with van der Waals surface area (Å²) in [7, 11) is 0. The molecule has 2 aromatic heterocycles. The molecule has 0 spiro atoms. The molecule has 1 aromatic carbocycles. The van der Waals surface area contributed by atoms with Crippen molar-refractivity contribution in [3.8, 4) is 0 Å². The van der Waals surface area contributed by atoms with Gasteiger partial charge in [0.05, 0.1) is 6.21 Å². The van der Waals surface area contributed by atoms with Crippen molar-refractivity contribution in [1.29, 1.82) is 0 Å². The summed E-state index contributed by atoms with van der Waals surface area (Å²) in [4.78, 5) is 15.0. The van der Waals surface area contributed by atoms with Gasteiger partial charge in [0.15, 0.2) is 5.82 Å². The zero-order chi connectivity index (χ0) is 21.2. The highest BCUT2D eigenvalue weighted by Crippen LogP contribution is 2.19. The molecule has 0 saturated heterocycles. The molecule has 0 unspecified atom stereocenters. The number of rotatable bonds is 12. The number of aromatic amines is 1. The molecule has 0 fully saturated rings. The zero-order valence-electron chi connectivity index (χ0n) is 17.9. The van der Waals surface area contributed by atoms with E-state index in [2.05, 4.69) is 45.3 Å². The van der Waals surface area contributed by atoms with Crippen LogP contribution in [-0.2, 0) is 6.42 Å². The van der Waals surface area contributed by atoms with E-state index >= 15 is 0 Å². The van der Waals surface area contributed by atoms with Gasteiger partial charge in [0.2, 0.25) is 0 Å². The van der Waals surface area contributed by atoms with E-state index < -0.39 is 0 Å². The fourth-order valence-corrected chi connectivity index (χ4v) is 3.46. The van der Waals surface area contributed by atoms with Gasteiger partial charge in [-0.2, -0.15) is 5.10 Å². The van der Waals surface area contributed by atoms with Gasteiger partial charge in [-0.1, -0.05) is 32.0 Å². The molecular formula is C23H32N6O. The number of nitrogens with zero attached hydrogens (tertiary/aromatic N) is 4. The summed E-state index contributed by atoms with van der Waals surface area (Å²) in [5.74, 6) is 2.40. The Morgan fingerprint density at radius 1 is 1.13 bits per heavy atom. The van der Waals surface area contributed by atoms with Crippen LogP contribution in [0.2, 0.25) is 0 Å². The Balaban J connectivity index is 1.80. The minimum Gasteiger partial charge on any atom is -0.396 e. The number of anilines is 2. The predicted octanol–water partition coefficient (Wildman–Crippen LogP) is 4.35. The van der Waals surface area contributed by atoms with Crippen LogP contribution in [0.15, 0.2) is 41.6 Å². The van der Waals surface area contributed by atoms with Gasteiger partial charge in [0, 0.05) is 54.8 Å². The van der Waals surface area contributed by atoms with E-state index in [1.54, 1.807) is 0 Å². The number of aliphatic hydroxyl groups excluding tert-OH is 1. The van der Waals surface area contributed by atoms with Gasteiger partial charge in [-0.15, -0.1) is 0 Å². The Bertz CT molecular complexity index is 946. The monoisotopic (exact) mass is 408 g/mol. The number of para-hydroxylation sites is 1. The Hall–Kier alpha value is -2.93. The number of hydrazone groups is 1. The Labute approximate surface area is 178 Å². The van der Waals surface area contributed by atoms with E-state index in [0.717, 1.165) is 73.3 Å². The second kappa shape index (κ2) is 11.3. The molecule has 0 aliphatic carbocycles. The van der Waals surface area contributed by atoms with E-state index in [1.165, 1.54) is 0 Å². The van der Waals surface area contributed by atoms with Crippen molar-refractivity contribution in [3.63, 3.8) is 0 Å². The van der Waals surface area contributed by atoms with Crippen LogP contribution < -0.4 is 10.3 Å². The van der Waals surface area contributed by atoms with Crippen molar-refractivity contribution in [2.75, 3.05) is 30.0 Å². The van der Waals surface area contributed by atoms with Crippen molar-refractivity contribution in [3.05, 3.63) is 47.9 Å². The van der Waals surface area contributed by atoms with Crippen molar-refractivity contribution in [1.82, 2.24) is 15.0 Å². The quantitative estimate of drug-likeness (QED) is 0.236. The highest BCUT2D eigenvalue weighted by atomic mass is 16.2. The third-order valence-electron chi connectivity index (χ3n) is 4.88. The van der Waals surface area contributed by atoms with Gasteiger partial charge >= 0.3 is 0 Å². The molecule has 0 bridgehead atoms. The lowest BCUT2D eigenvalue weighted by Crippen LogP contribution is -2.26. The average Bonchev–Trinajstić information content (AvgIpc) is 3.17. The molecule has 0 atom stereocenters. The van der Waals surface area contributed by atoms with Gasteiger partial charge in [0.25, 0.3) is 0 Å². The minimum absolute atomic E-state index is 0.192. The van der Waals surface area contributed by atoms with Crippen LogP contribution in [0.3, 0.4) is 0 Å². The lowest BCUT2D eigenvalue weighted by Gasteiger charge is -2.23. The van der Waals surface area contributed by atoms with Crippen LogP contribution in [0.1, 0.15) is 50.9 Å². The average molecular weight is 409 g/mol. The maximum absolute atomic E-state index is 9.08. The van der Waals surface area contributed by atoms with E-state index in [-0.39, 0.29) is 6.61 Å². The van der Waals surface area contributed by atoms with Crippen LogP contribution in [-0.4, -0.2) is 46.0 Å². The fourth-order valence-electron chi connectivity index (χ4n) is 3.46. The van der Waals surface area contributed by atoms with Gasteiger partial charge in [-0.25, -0.2) is 9.97 Å².